The summed E-state index contributed by atoms with van der Waals surface area (Å²) in [6.45, 7) is 8.13. The van der Waals surface area contributed by atoms with Gasteiger partial charge < -0.3 is 5.32 Å². The van der Waals surface area contributed by atoms with Crippen LogP contribution in [0, 0.1) is 5.41 Å². The molecule has 0 spiro atoms. The maximum atomic E-state index is 3.67. The summed E-state index contributed by atoms with van der Waals surface area (Å²) in [5.41, 5.74) is 0.515. The molecule has 1 aromatic heterocycles. The highest BCUT2D eigenvalue weighted by molar-refractivity contribution is 8.01. The molecule has 0 bridgehead atoms. The van der Waals surface area contributed by atoms with Gasteiger partial charge in [0.15, 0.2) is 0 Å². The van der Waals surface area contributed by atoms with Crippen LogP contribution in [0.5, 0.6) is 0 Å². The fraction of sp³-hybridized carbons (Fsp3) is 0.714. The van der Waals surface area contributed by atoms with Crippen molar-refractivity contribution in [3.63, 3.8) is 0 Å². The van der Waals surface area contributed by atoms with E-state index in [1.54, 1.807) is 0 Å². The average molecular weight is 269 g/mol. The first-order valence-electron chi connectivity index (χ1n) is 6.54. The molecule has 1 aromatic rings. The highest BCUT2D eigenvalue weighted by Crippen LogP contribution is 2.43. The van der Waals surface area contributed by atoms with Gasteiger partial charge in [0.2, 0.25) is 0 Å². The summed E-state index contributed by atoms with van der Waals surface area (Å²) < 4.78 is 1.47. The molecule has 0 amide bonds. The second kappa shape index (κ2) is 5.77. The lowest BCUT2D eigenvalue weighted by Gasteiger charge is -2.40. The Balaban J connectivity index is 2.02. The lowest BCUT2D eigenvalue weighted by molar-refractivity contribution is 0.215. The minimum absolute atomic E-state index is 0.515. The maximum Gasteiger partial charge on any atom is 0.0601 e. The minimum Gasteiger partial charge on any atom is -0.313 e. The topological polar surface area (TPSA) is 12.0 Å². The van der Waals surface area contributed by atoms with Crippen LogP contribution in [0.1, 0.15) is 40.0 Å². The van der Waals surface area contributed by atoms with Crippen molar-refractivity contribution >= 4 is 23.1 Å². The van der Waals surface area contributed by atoms with Crippen molar-refractivity contribution in [2.75, 3.05) is 6.54 Å². The second-order valence-electron chi connectivity index (χ2n) is 5.66. The first kappa shape index (κ1) is 13.4. The van der Waals surface area contributed by atoms with Crippen LogP contribution < -0.4 is 5.32 Å². The van der Waals surface area contributed by atoms with Crippen molar-refractivity contribution in [2.24, 2.45) is 5.41 Å². The van der Waals surface area contributed by atoms with Crippen molar-refractivity contribution in [3.05, 3.63) is 17.5 Å². The summed E-state index contributed by atoms with van der Waals surface area (Å²) >= 11 is 3.95. The summed E-state index contributed by atoms with van der Waals surface area (Å²) in [7, 11) is 0. The lowest BCUT2D eigenvalue weighted by Crippen LogP contribution is -2.44. The van der Waals surface area contributed by atoms with Gasteiger partial charge in [0.05, 0.1) is 4.21 Å². The standard InChI is InChI=1S/C14H23NS2/c1-4-15-11-7-8-14(2,3)10-12(11)17-13-6-5-9-16-13/h5-6,9,11-12,15H,4,7-8,10H2,1-3H3. The Morgan fingerprint density at radius 2 is 2.35 bits per heavy atom. The molecule has 1 heterocycles. The third kappa shape index (κ3) is 3.73. The van der Waals surface area contributed by atoms with Gasteiger partial charge in [0, 0.05) is 11.3 Å². The molecule has 1 N–H and O–H groups in total. The highest BCUT2D eigenvalue weighted by atomic mass is 32.2. The molecule has 1 aliphatic carbocycles. The Bertz CT molecular complexity index is 332. The van der Waals surface area contributed by atoms with Crippen molar-refractivity contribution in [2.45, 2.75) is 55.5 Å². The molecule has 96 valence electrons. The van der Waals surface area contributed by atoms with E-state index in [0.29, 0.717) is 11.5 Å². The van der Waals surface area contributed by atoms with Gasteiger partial charge in [-0.15, -0.1) is 23.1 Å². The van der Waals surface area contributed by atoms with Gasteiger partial charge in [-0.25, -0.2) is 0 Å². The molecule has 0 aliphatic heterocycles. The number of hydrogen-bond donors (Lipinski definition) is 1. The second-order valence-corrected chi connectivity index (χ2v) is 8.15. The predicted molar refractivity (Wildman–Crippen MR) is 79.1 cm³/mol. The fourth-order valence-electron chi connectivity index (χ4n) is 2.62. The molecule has 0 aromatic carbocycles. The largest absolute Gasteiger partial charge is 0.313 e. The van der Waals surface area contributed by atoms with Crippen LogP contribution in [0.2, 0.25) is 0 Å². The Morgan fingerprint density at radius 3 is 3.00 bits per heavy atom. The minimum atomic E-state index is 0.515. The Labute approximate surface area is 113 Å². The molecule has 0 radical (unpaired) electrons. The van der Waals surface area contributed by atoms with Crippen molar-refractivity contribution in [1.29, 1.82) is 0 Å². The molecule has 1 fully saturated rings. The third-order valence-electron chi connectivity index (χ3n) is 3.56. The number of rotatable bonds is 4. The van der Waals surface area contributed by atoms with Gasteiger partial charge in [-0.1, -0.05) is 26.8 Å². The zero-order valence-corrected chi connectivity index (χ0v) is 12.7. The summed E-state index contributed by atoms with van der Waals surface area (Å²) in [5, 5.41) is 6.58. The van der Waals surface area contributed by atoms with Crippen LogP contribution in [0.3, 0.4) is 0 Å². The zero-order valence-electron chi connectivity index (χ0n) is 11.0. The third-order valence-corrected chi connectivity index (χ3v) is 5.97. The van der Waals surface area contributed by atoms with Gasteiger partial charge in [0.1, 0.15) is 0 Å². The van der Waals surface area contributed by atoms with Gasteiger partial charge in [-0.2, -0.15) is 0 Å². The molecule has 2 unspecified atom stereocenters. The first-order valence-corrected chi connectivity index (χ1v) is 8.30. The Kier molecular flexibility index (Phi) is 4.56. The van der Waals surface area contributed by atoms with E-state index in [1.807, 2.05) is 11.3 Å². The van der Waals surface area contributed by atoms with Crippen LogP contribution in [0.15, 0.2) is 21.7 Å². The molecule has 1 nitrogen and oxygen atoms in total. The van der Waals surface area contributed by atoms with E-state index >= 15 is 0 Å². The van der Waals surface area contributed by atoms with Gasteiger partial charge in [-0.3, -0.25) is 0 Å². The summed E-state index contributed by atoms with van der Waals surface area (Å²) in [5.74, 6) is 0. The van der Waals surface area contributed by atoms with E-state index in [-0.39, 0.29) is 0 Å². The Morgan fingerprint density at radius 1 is 1.53 bits per heavy atom. The van der Waals surface area contributed by atoms with Gasteiger partial charge in [0.25, 0.3) is 0 Å². The van der Waals surface area contributed by atoms with Crippen LogP contribution >= 0.6 is 23.1 Å². The fourth-order valence-corrected chi connectivity index (χ4v) is 5.22. The predicted octanol–water partition coefficient (Wildman–Crippen LogP) is 4.40. The SMILES string of the molecule is CCNC1CCC(C)(C)CC1Sc1cccs1. The molecule has 1 saturated carbocycles. The summed E-state index contributed by atoms with van der Waals surface area (Å²) in [6.07, 6.45) is 4.00. The summed E-state index contributed by atoms with van der Waals surface area (Å²) in [4.78, 5) is 0. The lowest BCUT2D eigenvalue weighted by atomic mass is 9.75. The molecule has 1 aliphatic rings. The van der Waals surface area contributed by atoms with E-state index < -0.39 is 0 Å². The van der Waals surface area contributed by atoms with Crippen molar-refractivity contribution < 1.29 is 0 Å². The van der Waals surface area contributed by atoms with Crippen molar-refractivity contribution in [1.82, 2.24) is 5.32 Å². The smallest absolute Gasteiger partial charge is 0.0601 e. The number of hydrogen-bond acceptors (Lipinski definition) is 3. The Hall–Kier alpha value is 0.01000. The van der Waals surface area contributed by atoms with E-state index in [9.17, 15) is 0 Å². The van der Waals surface area contributed by atoms with E-state index in [4.69, 9.17) is 0 Å². The van der Waals surface area contributed by atoms with E-state index in [0.717, 1.165) is 11.8 Å². The average Bonchev–Trinajstić information content (AvgIpc) is 2.74. The molecular weight excluding hydrogens is 246 g/mol. The normalized spacial score (nSPS) is 28.2. The van der Waals surface area contributed by atoms with Crippen LogP contribution in [0.4, 0.5) is 0 Å². The monoisotopic (exact) mass is 269 g/mol. The molecule has 2 atom stereocenters. The summed E-state index contributed by atoms with van der Waals surface area (Å²) in [6, 6.07) is 5.10. The van der Waals surface area contributed by atoms with Crippen molar-refractivity contribution in [3.8, 4) is 0 Å². The number of thiophene rings is 1. The first-order chi connectivity index (χ1) is 8.11. The maximum absolute atomic E-state index is 3.67. The molecule has 3 heteroatoms. The van der Waals surface area contributed by atoms with E-state index in [2.05, 4.69) is 55.4 Å². The number of thioether (sulfide) groups is 1. The molecule has 0 saturated heterocycles. The van der Waals surface area contributed by atoms with Gasteiger partial charge >= 0.3 is 0 Å². The highest BCUT2D eigenvalue weighted by Gasteiger charge is 2.35. The van der Waals surface area contributed by atoms with Crippen LogP contribution in [-0.2, 0) is 0 Å². The zero-order chi connectivity index (χ0) is 12.3. The number of nitrogens with one attached hydrogen (secondary N) is 1. The van der Waals surface area contributed by atoms with Crippen LogP contribution in [-0.4, -0.2) is 17.8 Å². The van der Waals surface area contributed by atoms with E-state index in [1.165, 1.54) is 23.5 Å². The molecule has 17 heavy (non-hydrogen) atoms. The molecular formula is C14H23NS2. The molecule has 2 rings (SSSR count). The quantitative estimate of drug-likeness (QED) is 0.869. The van der Waals surface area contributed by atoms with Crippen LogP contribution in [0.25, 0.3) is 0 Å². The van der Waals surface area contributed by atoms with Gasteiger partial charge in [-0.05, 0) is 42.7 Å².